The van der Waals surface area contributed by atoms with E-state index in [-0.39, 0.29) is 17.1 Å². The van der Waals surface area contributed by atoms with E-state index < -0.39 is 10.0 Å². The van der Waals surface area contributed by atoms with Gasteiger partial charge in [0, 0.05) is 24.4 Å². The van der Waals surface area contributed by atoms with Gasteiger partial charge in [0.1, 0.15) is 0 Å². The molecule has 7 rings (SSSR count). The van der Waals surface area contributed by atoms with Crippen molar-refractivity contribution in [1.29, 1.82) is 0 Å². The molecule has 37 heavy (non-hydrogen) atoms. The molecule has 3 heterocycles. The van der Waals surface area contributed by atoms with Gasteiger partial charge in [-0.15, -0.1) is 0 Å². The summed E-state index contributed by atoms with van der Waals surface area (Å²) >= 11 is 0. The molecule has 1 aromatic rings. The van der Waals surface area contributed by atoms with Crippen molar-refractivity contribution in [1.82, 2.24) is 9.19 Å². The number of fused-ring (bicyclic) bond motifs is 7. The van der Waals surface area contributed by atoms with E-state index in [2.05, 4.69) is 32.8 Å². The summed E-state index contributed by atoms with van der Waals surface area (Å²) in [6.07, 6.45) is 13.5. The second kappa shape index (κ2) is 8.03. The third-order valence-electron chi connectivity index (χ3n) is 11.9. The van der Waals surface area contributed by atoms with Gasteiger partial charge in [0.05, 0.1) is 23.7 Å². The predicted molar refractivity (Wildman–Crippen MR) is 145 cm³/mol. The zero-order valence-electron chi connectivity index (χ0n) is 23.2. The van der Waals surface area contributed by atoms with Crippen molar-refractivity contribution in [3.05, 3.63) is 28.6 Å². The lowest BCUT2D eigenvalue weighted by Crippen LogP contribution is -2.47. The molecule has 2 aliphatic heterocycles. The minimum absolute atomic E-state index is 0.0639. The molecule has 0 amide bonds. The van der Waals surface area contributed by atoms with E-state index in [4.69, 9.17) is 9.73 Å². The van der Waals surface area contributed by atoms with Crippen LogP contribution in [0.1, 0.15) is 83.9 Å². The standard InChI is InChI=1S/C30H43N3O3S/c1-17-10-27-28(31-15-17)19(3)30(36-27)9-8-22-23-7-6-21-11-26-20(16-33(32-26)37(5,34)35)14-29(21,4)25(23)12-24(22)18(2)13-30/h16-17,19,21-23,25,27H,6-15H2,1-5H3/t17-,19+,21?,22-,23-,25-,27+,29-,30-/m0/s1. The summed E-state index contributed by atoms with van der Waals surface area (Å²) in [4.78, 5) is 5.02. The van der Waals surface area contributed by atoms with Gasteiger partial charge in [0.15, 0.2) is 0 Å². The van der Waals surface area contributed by atoms with Crippen molar-refractivity contribution in [2.45, 2.75) is 97.2 Å². The van der Waals surface area contributed by atoms with E-state index in [1.165, 1.54) is 41.7 Å². The monoisotopic (exact) mass is 525 g/mol. The Morgan fingerprint density at radius 2 is 1.95 bits per heavy atom. The molecule has 2 saturated carbocycles. The van der Waals surface area contributed by atoms with E-state index in [0.717, 1.165) is 55.8 Å². The molecule has 6 aliphatic rings. The van der Waals surface area contributed by atoms with Crippen molar-refractivity contribution >= 4 is 15.7 Å². The predicted octanol–water partition coefficient (Wildman–Crippen LogP) is 5.21. The Morgan fingerprint density at radius 3 is 2.73 bits per heavy atom. The van der Waals surface area contributed by atoms with Crippen molar-refractivity contribution in [3.8, 4) is 0 Å². The summed E-state index contributed by atoms with van der Waals surface area (Å²) in [7, 11) is -3.34. The molecule has 6 nitrogen and oxygen atoms in total. The fourth-order valence-electron chi connectivity index (χ4n) is 9.90. The summed E-state index contributed by atoms with van der Waals surface area (Å²) in [5.74, 6) is 3.75. The number of hydrogen-bond donors (Lipinski definition) is 0. The van der Waals surface area contributed by atoms with Crippen molar-refractivity contribution in [3.63, 3.8) is 0 Å². The lowest BCUT2D eigenvalue weighted by atomic mass is 9.52. The third kappa shape index (κ3) is 3.54. The van der Waals surface area contributed by atoms with E-state index in [1.54, 1.807) is 17.3 Å². The van der Waals surface area contributed by atoms with Crippen LogP contribution in [0.3, 0.4) is 0 Å². The van der Waals surface area contributed by atoms with Crippen LogP contribution >= 0.6 is 0 Å². The van der Waals surface area contributed by atoms with E-state index in [9.17, 15) is 8.42 Å². The summed E-state index contributed by atoms with van der Waals surface area (Å²) in [6, 6.07) is 0. The SMILES string of the molecule is CC1=C2C[C@H]3[C@@H](CCC4Cc5nn(S(C)(=O)=O)cc5C[C@@]43C)[C@@H]2CC[C@@]2(C1)O[C@@H]1C[C@H](C)CN=C1[C@H]2C. The highest BCUT2D eigenvalue weighted by Gasteiger charge is 2.59. The van der Waals surface area contributed by atoms with Gasteiger partial charge in [-0.05, 0) is 105 Å². The molecule has 1 aromatic heterocycles. The maximum Gasteiger partial charge on any atom is 0.250 e. The van der Waals surface area contributed by atoms with Gasteiger partial charge in [0.2, 0.25) is 0 Å². The van der Waals surface area contributed by atoms with Crippen LogP contribution < -0.4 is 0 Å². The van der Waals surface area contributed by atoms with Crippen LogP contribution in [0.15, 0.2) is 22.3 Å². The quantitative estimate of drug-likeness (QED) is 0.472. The number of allylic oxidation sites excluding steroid dienone is 1. The molecule has 0 bridgehead atoms. The summed E-state index contributed by atoms with van der Waals surface area (Å²) in [6.45, 7) is 10.6. The first kappa shape index (κ1) is 24.6. The second-order valence-electron chi connectivity index (χ2n) is 14.0. The normalized spacial score (nSPS) is 45.0. The highest BCUT2D eigenvalue weighted by atomic mass is 32.2. The molecular formula is C30H43N3O3S. The van der Waals surface area contributed by atoms with Crippen molar-refractivity contribution < 1.29 is 13.2 Å². The number of nitrogens with zero attached hydrogens (tertiary/aromatic N) is 3. The van der Waals surface area contributed by atoms with Gasteiger partial charge < -0.3 is 4.74 Å². The summed E-state index contributed by atoms with van der Waals surface area (Å²) in [5, 5.41) is 4.51. The van der Waals surface area contributed by atoms with Crippen molar-refractivity contribution in [2.24, 2.45) is 45.9 Å². The Hall–Kier alpha value is -1.47. The Morgan fingerprint density at radius 1 is 1.14 bits per heavy atom. The van der Waals surface area contributed by atoms with Crippen LogP contribution in [0.4, 0.5) is 0 Å². The molecule has 202 valence electrons. The molecule has 1 saturated heterocycles. The fraction of sp³-hybridized carbons (Fsp3) is 0.800. The van der Waals surface area contributed by atoms with Crippen LogP contribution in [-0.2, 0) is 27.6 Å². The Balaban J connectivity index is 1.18. The van der Waals surface area contributed by atoms with Crippen LogP contribution in [-0.4, -0.2) is 47.8 Å². The molecule has 4 aliphatic carbocycles. The molecule has 0 radical (unpaired) electrons. The van der Waals surface area contributed by atoms with Gasteiger partial charge in [-0.1, -0.05) is 31.9 Å². The van der Waals surface area contributed by atoms with Gasteiger partial charge in [-0.3, -0.25) is 4.99 Å². The lowest BCUT2D eigenvalue weighted by molar-refractivity contribution is -0.0689. The average Bonchev–Trinajstić information content (AvgIpc) is 3.46. The van der Waals surface area contributed by atoms with Crippen molar-refractivity contribution in [2.75, 3.05) is 12.8 Å². The van der Waals surface area contributed by atoms with Gasteiger partial charge in [-0.25, -0.2) is 8.42 Å². The first-order chi connectivity index (χ1) is 17.5. The number of rotatable bonds is 1. The highest BCUT2D eigenvalue weighted by Crippen LogP contribution is 2.64. The van der Waals surface area contributed by atoms with Crippen LogP contribution in [0.2, 0.25) is 0 Å². The number of aliphatic imine (C=N–C) groups is 1. The topological polar surface area (TPSA) is 73.5 Å². The van der Waals surface area contributed by atoms with Gasteiger partial charge >= 0.3 is 0 Å². The maximum atomic E-state index is 12.2. The highest BCUT2D eigenvalue weighted by molar-refractivity contribution is 7.89. The van der Waals surface area contributed by atoms with Crippen LogP contribution in [0, 0.1) is 40.9 Å². The van der Waals surface area contributed by atoms with Gasteiger partial charge in [-0.2, -0.15) is 9.19 Å². The zero-order valence-corrected chi connectivity index (χ0v) is 24.0. The maximum absolute atomic E-state index is 12.2. The molecular weight excluding hydrogens is 482 g/mol. The minimum Gasteiger partial charge on any atom is -0.365 e. The molecule has 1 unspecified atom stereocenters. The Kier molecular flexibility index (Phi) is 5.33. The number of hydrogen-bond acceptors (Lipinski definition) is 5. The van der Waals surface area contributed by atoms with E-state index >= 15 is 0 Å². The summed E-state index contributed by atoms with van der Waals surface area (Å²) in [5.41, 5.74) is 7.02. The first-order valence-electron chi connectivity index (χ1n) is 14.7. The molecule has 9 atom stereocenters. The van der Waals surface area contributed by atoms with E-state index in [1.807, 2.05) is 0 Å². The Bertz CT molecular complexity index is 1310. The fourth-order valence-corrected chi connectivity index (χ4v) is 10.5. The molecule has 0 N–H and O–H groups in total. The number of ether oxygens (including phenoxy) is 1. The zero-order chi connectivity index (χ0) is 25.9. The largest absolute Gasteiger partial charge is 0.365 e. The molecule has 0 aromatic carbocycles. The number of aromatic nitrogens is 2. The van der Waals surface area contributed by atoms with Gasteiger partial charge in [0.25, 0.3) is 10.0 Å². The first-order valence-corrected chi connectivity index (χ1v) is 16.5. The second-order valence-corrected chi connectivity index (χ2v) is 15.8. The van der Waals surface area contributed by atoms with Crippen LogP contribution in [0.5, 0.6) is 0 Å². The van der Waals surface area contributed by atoms with Crippen LogP contribution in [0.25, 0.3) is 0 Å². The minimum atomic E-state index is -3.34. The Labute approximate surface area is 222 Å². The lowest BCUT2D eigenvalue weighted by Gasteiger charge is -2.52. The average molecular weight is 526 g/mol. The molecule has 7 heteroatoms. The molecule has 1 spiro atoms. The summed E-state index contributed by atoms with van der Waals surface area (Å²) < 4.78 is 32.5. The van der Waals surface area contributed by atoms with E-state index in [0.29, 0.717) is 29.6 Å². The third-order valence-corrected chi connectivity index (χ3v) is 12.8. The molecule has 3 fully saturated rings. The smallest absolute Gasteiger partial charge is 0.250 e.